The van der Waals surface area contributed by atoms with Crippen LogP contribution in [0.4, 0.5) is 0 Å². The Bertz CT molecular complexity index is 1020. The fourth-order valence-corrected chi connectivity index (χ4v) is 4.90. The third-order valence-electron chi connectivity index (χ3n) is 4.93. The van der Waals surface area contributed by atoms with E-state index in [-0.39, 0.29) is 29.8 Å². The quantitative estimate of drug-likeness (QED) is 0.286. The molecule has 0 fully saturated rings. The number of nitrogens with two attached hydrogens (primary N) is 1. The Hall–Kier alpha value is -2.34. The fraction of sp³-hybridized carbons (Fsp3) is 0.500. The number of sulfonamides is 1. The number of aromatic nitrogens is 1. The van der Waals surface area contributed by atoms with Crippen LogP contribution in [0.15, 0.2) is 34.5 Å². The molecule has 9 nitrogen and oxygen atoms in total. The van der Waals surface area contributed by atoms with E-state index in [1.54, 1.807) is 36.6 Å². The number of thiazole rings is 1. The molecule has 2 aromatic rings. The molecule has 1 amide bonds. The molecule has 4 N–H and O–H groups in total. The van der Waals surface area contributed by atoms with Gasteiger partial charge < -0.3 is 15.8 Å². The first-order valence-corrected chi connectivity index (χ1v) is 13.3. The van der Waals surface area contributed by atoms with Crippen LogP contribution in [0.25, 0.3) is 0 Å². The Morgan fingerprint density at radius 1 is 1.18 bits per heavy atom. The largest absolute Gasteiger partial charge is 0.464 e. The number of rotatable bonds is 13. The van der Waals surface area contributed by atoms with Gasteiger partial charge in [-0.2, -0.15) is 0 Å². The van der Waals surface area contributed by atoms with E-state index in [1.165, 1.54) is 11.3 Å². The Balaban J connectivity index is 1.89. The molecule has 0 spiro atoms. The van der Waals surface area contributed by atoms with Crippen LogP contribution in [0.5, 0.6) is 0 Å². The second kappa shape index (κ2) is 12.8. The number of nitrogens with zero attached hydrogens (tertiary/aromatic N) is 1. The lowest BCUT2D eigenvalue weighted by molar-refractivity contribution is -0.145. The molecule has 2 unspecified atom stereocenters. The van der Waals surface area contributed by atoms with E-state index >= 15 is 0 Å². The van der Waals surface area contributed by atoms with Crippen molar-refractivity contribution in [1.82, 2.24) is 15.0 Å². The molecule has 0 radical (unpaired) electrons. The SMILES string of the molecule is CCOC(=O)C(CCCCNS(=O)(=O)c1ccc(C)cc1)NC(=O)c1csc(C(N)CC)n1. The van der Waals surface area contributed by atoms with Crippen molar-refractivity contribution in [1.29, 1.82) is 0 Å². The molecule has 33 heavy (non-hydrogen) atoms. The third kappa shape index (κ3) is 8.18. The van der Waals surface area contributed by atoms with Crippen LogP contribution < -0.4 is 15.8 Å². The third-order valence-corrected chi connectivity index (χ3v) is 7.38. The second-order valence-corrected chi connectivity index (χ2v) is 10.2. The predicted octanol–water partition coefficient (Wildman–Crippen LogP) is 2.67. The molecule has 0 saturated carbocycles. The fourth-order valence-electron chi connectivity index (χ4n) is 2.94. The summed E-state index contributed by atoms with van der Waals surface area (Å²) in [5, 5.41) is 4.95. The van der Waals surface area contributed by atoms with Gasteiger partial charge in [0, 0.05) is 11.9 Å². The van der Waals surface area contributed by atoms with Gasteiger partial charge in [-0.3, -0.25) is 4.79 Å². The zero-order valence-corrected chi connectivity index (χ0v) is 20.8. The van der Waals surface area contributed by atoms with Crippen LogP contribution in [0.1, 0.15) is 66.6 Å². The average molecular weight is 497 g/mol. The highest BCUT2D eigenvalue weighted by atomic mass is 32.2. The Morgan fingerprint density at radius 2 is 1.88 bits per heavy atom. The molecular formula is C22H32N4O5S2. The van der Waals surface area contributed by atoms with Gasteiger partial charge in [0.05, 0.1) is 17.5 Å². The summed E-state index contributed by atoms with van der Waals surface area (Å²) in [5.74, 6) is -1.01. The van der Waals surface area contributed by atoms with E-state index in [9.17, 15) is 18.0 Å². The topological polar surface area (TPSA) is 140 Å². The number of carbonyl (C=O) groups excluding carboxylic acids is 2. The molecule has 11 heteroatoms. The summed E-state index contributed by atoms with van der Waals surface area (Å²) in [7, 11) is -3.59. The first kappa shape index (κ1) is 26.9. The number of ether oxygens (including phenoxy) is 1. The molecule has 182 valence electrons. The average Bonchev–Trinajstić information content (AvgIpc) is 3.28. The van der Waals surface area contributed by atoms with Crippen LogP contribution in [0.2, 0.25) is 0 Å². The van der Waals surface area contributed by atoms with Gasteiger partial charge >= 0.3 is 5.97 Å². The molecule has 0 aliphatic carbocycles. The number of nitrogens with one attached hydrogen (secondary N) is 2. The highest BCUT2D eigenvalue weighted by Crippen LogP contribution is 2.19. The molecule has 1 aromatic heterocycles. The number of benzene rings is 1. The molecule has 0 saturated heterocycles. The first-order valence-electron chi connectivity index (χ1n) is 10.9. The Kier molecular flexibility index (Phi) is 10.4. The molecule has 2 atom stereocenters. The van der Waals surface area contributed by atoms with Gasteiger partial charge in [0.1, 0.15) is 16.7 Å². The Labute approximate surface area is 199 Å². The molecule has 2 rings (SSSR count). The van der Waals surface area contributed by atoms with Crippen LogP contribution in [0.3, 0.4) is 0 Å². The van der Waals surface area contributed by atoms with E-state index in [0.717, 1.165) is 5.56 Å². The second-order valence-electron chi connectivity index (χ2n) is 7.57. The monoisotopic (exact) mass is 496 g/mol. The van der Waals surface area contributed by atoms with E-state index in [2.05, 4.69) is 15.0 Å². The summed E-state index contributed by atoms with van der Waals surface area (Å²) in [5.41, 5.74) is 7.14. The van der Waals surface area contributed by atoms with Crippen molar-refractivity contribution in [3.63, 3.8) is 0 Å². The van der Waals surface area contributed by atoms with Crippen LogP contribution in [-0.2, 0) is 19.6 Å². The maximum Gasteiger partial charge on any atom is 0.328 e. The number of carbonyl (C=O) groups is 2. The van der Waals surface area contributed by atoms with Gasteiger partial charge in [0.15, 0.2) is 0 Å². The van der Waals surface area contributed by atoms with Gasteiger partial charge in [-0.15, -0.1) is 11.3 Å². The number of hydrogen-bond acceptors (Lipinski definition) is 8. The normalized spacial score (nSPS) is 13.3. The van der Waals surface area contributed by atoms with Crippen LogP contribution in [-0.4, -0.2) is 44.5 Å². The summed E-state index contributed by atoms with van der Waals surface area (Å²) in [6.07, 6.45) is 2.00. The molecule has 0 bridgehead atoms. The van der Waals surface area contributed by atoms with Gasteiger partial charge in [-0.1, -0.05) is 24.6 Å². The van der Waals surface area contributed by atoms with E-state index in [1.807, 2.05) is 13.8 Å². The lowest BCUT2D eigenvalue weighted by Gasteiger charge is -2.17. The lowest BCUT2D eigenvalue weighted by atomic mass is 10.1. The van der Waals surface area contributed by atoms with Crippen molar-refractivity contribution < 1.29 is 22.7 Å². The van der Waals surface area contributed by atoms with Gasteiger partial charge in [0.2, 0.25) is 10.0 Å². The minimum absolute atomic E-state index is 0.188. The summed E-state index contributed by atoms with van der Waals surface area (Å²) in [4.78, 5) is 29.4. The van der Waals surface area contributed by atoms with Gasteiger partial charge in [-0.25, -0.2) is 22.9 Å². The predicted molar refractivity (Wildman–Crippen MR) is 127 cm³/mol. The lowest BCUT2D eigenvalue weighted by Crippen LogP contribution is -2.42. The smallest absolute Gasteiger partial charge is 0.328 e. The number of unbranched alkanes of at least 4 members (excludes halogenated alkanes) is 1. The van der Waals surface area contributed by atoms with E-state index < -0.39 is 27.9 Å². The van der Waals surface area contributed by atoms with Crippen LogP contribution in [0, 0.1) is 6.92 Å². The molecule has 1 aromatic carbocycles. The maximum atomic E-state index is 12.6. The number of amides is 1. The molecule has 1 heterocycles. The number of hydrogen-bond donors (Lipinski definition) is 3. The highest BCUT2D eigenvalue weighted by molar-refractivity contribution is 7.89. The van der Waals surface area contributed by atoms with E-state index in [0.29, 0.717) is 30.7 Å². The van der Waals surface area contributed by atoms with Crippen molar-refractivity contribution in [2.45, 2.75) is 63.4 Å². The highest BCUT2D eigenvalue weighted by Gasteiger charge is 2.24. The first-order chi connectivity index (χ1) is 15.7. The number of esters is 1. The van der Waals surface area contributed by atoms with Crippen molar-refractivity contribution >= 4 is 33.2 Å². The zero-order chi connectivity index (χ0) is 24.4. The van der Waals surface area contributed by atoms with Crippen LogP contribution >= 0.6 is 11.3 Å². The standard InChI is InChI=1S/C22H32N4O5S2/c1-4-17(23)21-26-19(14-32-21)20(27)25-18(22(28)31-5-2)8-6-7-13-24-33(29,30)16-11-9-15(3)10-12-16/h9-12,14,17-18,24H,4-8,13,23H2,1-3H3,(H,25,27). The summed E-state index contributed by atoms with van der Waals surface area (Å²) in [6, 6.07) is 5.50. The van der Waals surface area contributed by atoms with Crippen molar-refractivity contribution in [3.8, 4) is 0 Å². The zero-order valence-electron chi connectivity index (χ0n) is 19.2. The van der Waals surface area contributed by atoms with Crippen molar-refractivity contribution in [3.05, 3.63) is 45.9 Å². The van der Waals surface area contributed by atoms with Crippen molar-refractivity contribution in [2.24, 2.45) is 5.73 Å². The van der Waals surface area contributed by atoms with E-state index in [4.69, 9.17) is 10.5 Å². The Morgan fingerprint density at radius 3 is 2.52 bits per heavy atom. The molecule has 0 aliphatic rings. The summed E-state index contributed by atoms with van der Waals surface area (Å²) >= 11 is 1.30. The minimum atomic E-state index is -3.59. The van der Waals surface area contributed by atoms with Gasteiger partial charge in [0.25, 0.3) is 5.91 Å². The van der Waals surface area contributed by atoms with Gasteiger partial charge in [-0.05, 0) is 51.7 Å². The molecular weight excluding hydrogens is 464 g/mol. The summed E-state index contributed by atoms with van der Waals surface area (Å²) < 4.78 is 32.3. The maximum absolute atomic E-state index is 12.6. The minimum Gasteiger partial charge on any atom is -0.464 e. The number of aryl methyl sites for hydroxylation is 1. The van der Waals surface area contributed by atoms with Crippen molar-refractivity contribution in [2.75, 3.05) is 13.2 Å². The molecule has 0 aliphatic heterocycles. The summed E-state index contributed by atoms with van der Waals surface area (Å²) in [6.45, 7) is 5.91.